The predicted molar refractivity (Wildman–Crippen MR) is 185 cm³/mol. The fourth-order valence-corrected chi connectivity index (χ4v) is 7.37. The molecule has 11 nitrogen and oxygen atoms in total. The molecule has 1 aliphatic heterocycles. The van der Waals surface area contributed by atoms with Crippen LogP contribution in [0.1, 0.15) is 43.6 Å². The number of hydrogen-bond acceptors (Lipinski definition) is 9. The molecule has 0 amide bonds. The molecule has 0 aliphatic carbocycles. The van der Waals surface area contributed by atoms with E-state index in [0.717, 1.165) is 24.3 Å². The van der Waals surface area contributed by atoms with Gasteiger partial charge in [-0.15, -0.1) is 0 Å². The van der Waals surface area contributed by atoms with Gasteiger partial charge in [0.1, 0.15) is 5.82 Å². The number of hydrogen-bond donors (Lipinski definition) is 1. The summed E-state index contributed by atoms with van der Waals surface area (Å²) in [7, 11) is -9.31. The van der Waals surface area contributed by atoms with Gasteiger partial charge in [-0.2, -0.15) is 26.3 Å². The first-order chi connectivity index (χ1) is 24.5. The summed E-state index contributed by atoms with van der Waals surface area (Å²) in [5.41, 5.74) is 4.05. The number of imidazole rings is 1. The maximum Gasteiger partial charge on any atom is 1.00 e. The van der Waals surface area contributed by atoms with Crippen molar-refractivity contribution in [2.45, 2.75) is 52.1 Å². The van der Waals surface area contributed by atoms with E-state index in [1.165, 1.54) is 32.6 Å². The Kier molecular flexibility index (Phi) is 14.7. The summed E-state index contributed by atoms with van der Waals surface area (Å²) in [6.45, 7) is 3.20. The molecular weight excluding hydrogens is 822 g/mol. The number of halogens is 8. The molecule has 4 rings (SSSR count). The van der Waals surface area contributed by atoms with Crippen molar-refractivity contribution in [3.8, 4) is 12.1 Å². The minimum absolute atomic E-state index is 0. The Bertz CT molecular complexity index is 2300. The van der Waals surface area contributed by atoms with Gasteiger partial charge in [0.15, 0.2) is 11.0 Å². The first-order valence-corrected chi connectivity index (χ1v) is 19.3. The van der Waals surface area contributed by atoms with Gasteiger partial charge in [0.2, 0.25) is 0 Å². The number of benzene rings is 2. The van der Waals surface area contributed by atoms with Crippen LogP contribution in [-0.2, 0) is 45.7 Å². The quantitative estimate of drug-likeness (QED) is 0.0551. The largest absolute Gasteiger partial charge is 1.00 e. The normalized spacial score (nSPS) is 14.9. The molecule has 54 heavy (non-hydrogen) atoms. The molecule has 1 aromatic heterocycles. The van der Waals surface area contributed by atoms with Gasteiger partial charge >= 0.3 is 41.9 Å². The number of allylic oxidation sites excluding steroid dienone is 5. The molecule has 288 valence electrons. The first kappa shape index (κ1) is 45.5. The molecule has 0 spiro atoms. The van der Waals surface area contributed by atoms with E-state index in [4.69, 9.17) is 28.9 Å². The van der Waals surface area contributed by atoms with Crippen molar-refractivity contribution in [1.29, 1.82) is 0 Å². The van der Waals surface area contributed by atoms with Crippen molar-refractivity contribution in [3.63, 3.8) is 0 Å². The van der Waals surface area contributed by atoms with E-state index in [-0.39, 0.29) is 84.7 Å². The molecule has 22 heteroatoms. The standard InChI is InChI=1S/C32H31Cl2F6N5O6S2.Na/c1-3-42-27-18-23(33)22(32(38,39)40)17-26(27)45(12-7-15-53(49,50)51)30(42)20(2)8-4-5-9-29-43(11-6-14-52(46,47)48)25-16-21(31(35,36)37)24(34)19-28(25)44(29)13-10-41;/h4-5,8-9,16-19H,3,6-7,11-12,14-15,41H2,1-2H3,(H-,46,47,48,49,50,51);/q;+1/p-1. The van der Waals surface area contributed by atoms with E-state index in [9.17, 15) is 52.3 Å². The summed E-state index contributed by atoms with van der Waals surface area (Å²) >= 11 is 12.0. The molecule has 1 aliphatic rings. The summed E-state index contributed by atoms with van der Waals surface area (Å²) in [6.07, 6.45) is -4.23. The molecule has 0 saturated heterocycles. The van der Waals surface area contributed by atoms with Crippen LogP contribution in [0.3, 0.4) is 0 Å². The van der Waals surface area contributed by atoms with E-state index in [1.54, 1.807) is 24.5 Å². The Morgan fingerprint density at radius 2 is 1.48 bits per heavy atom. The van der Waals surface area contributed by atoms with Crippen molar-refractivity contribution in [2.75, 3.05) is 27.9 Å². The van der Waals surface area contributed by atoms with Gasteiger partial charge in [-0.05, 0) is 44.9 Å². The number of aryl methyl sites for hydroxylation is 2. The SMILES string of the molecule is CCn1c(/C(C)=C/C=C/C=C2\N(C#CN)c3cc(Cl)c(C(F)(F)F)cc3N2CCCS(=O)(=O)[O-])[n+](CCCS(=O)(=O)[O-])c2cc(C(F)(F)F)c(Cl)cc21.[Na+]. The van der Waals surface area contributed by atoms with E-state index in [2.05, 4.69) is 12.1 Å². The summed E-state index contributed by atoms with van der Waals surface area (Å²) in [5.74, 6) is -1.11. The molecule has 2 heterocycles. The Labute approximate surface area is 339 Å². The maximum absolute atomic E-state index is 13.8. The Hall–Kier alpha value is -2.93. The summed E-state index contributed by atoms with van der Waals surface area (Å²) in [6, 6.07) is 8.50. The number of aromatic nitrogens is 2. The van der Waals surface area contributed by atoms with Gasteiger partial charge < -0.3 is 19.7 Å². The van der Waals surface area contributed by atoms with Crippen LogP contribution in [0.4, 0.5) is 37.7 Å². The maximum atomic E-state index is 13.8. The number of fused-ring (bicyclic) bond motifs is 2. The smallest absolute Gasteiger partial charge is 0.748 e. The van der Waals surface area contributed by atoms with Crippen LogP contribution in [0.5, 0.6) is 0 Å². The number of rotatable bonds is 12. The van der Waals surface area contributed by atoms with Crippen molar-refractivity contribution in [3.05, 3.63) is 81.4 Å². The summed E-state index contributed by atoms with van der Waals surface area (Å²) in [4.78, 5) is 2.54. The zero-order valence-corrected chi connectivity index (χ0v) is 33.9. The second-order valence-corrected chi connectivity index (χ2v) is 15.5. The predicted octanol–water partition coefficient (Wildman–Crippen LogP) is 3.17. The molecule has 0 saturated carbocycles. The van der Waals surface area contributed by atoms with Crippen molar-refractivity contribution in [2.24, 2.45) is 5.73 Å². The van der Waals surface area contributed by atoms with Gasteiger partial charge in [0, 0.05) is 47.8 Å². The van der Waals surface area contributed by atoms with Gasteiger partial charge in [0.25, 0.3) is 5.82 Å². The van der Waals surface area contributed by atoms with Crippen LogP contribution >= 0.6 is 23.2 Å². The molecular formula is C32H30Cl2F6N5NaO6S2. The van der Waals surface area contributed by atoms with E-state index >= 15 is 0 Å². The second-order valence-electron chi connectivity index (χ2n) is 11.6. The number of anilines is 2. The minimum Gasteiger partial charge on any atom is -0.748 e. The van der Waals surface area contributed by atoms with E-state index in [1.807, 2.05) is 0 Å². The first-order valence-electron chi connectivity index (χ1n) is 15.4. The molecule has 2 aromatic carbocycles. The average Bonchev–Trinajstić information content (AvgIpc) is 3.46. The Balaban J connectivity index is 0.00000784. The van der Waals surface area contributed by atoms with Crippen molar-refractivity contribution < 1.29 is 86.4 Å². The summed E-state index contributed by atoms with van der Waals surface area (Å²) < 4.78 is 154. The second kappa shape index (κ2) is 17.5. The fraction of sp³-hybridized carbons (Fsp3) is 0.344. The molecule has 0 bridgehead atoms. The van der Waals surface area contributed by atoms with Crippen molar-refractivity contribution in [1.82, 2.24) is 4.57 Å². The van der Waals surface area contributed by atoms with Gasteiger partial charge in [-0.3, -0.25) is 4.90 Å². The zero-order valence-electron chi connectivity index (χ0n) is 28.7. The third-order valence-corrected chi connectivity index (χ3v) is 10.2. The molecule has 2 N–H and O–H groups in total. The Morgan fingerprint density at radius 3 is 2.04 bits per heavy atom. The molecule has 3 aromatic rings. The third-order valence-electron chi connectivity index (χ3n) is 7.97. The molecule has 0 atom stereocenters. The molecule has 0 unspecified atom stereocenters. The van der Waals surface area contributed by atoms with Crippen LogP contribution in [0.15, 0.2) is 54.4 Å². The van der Waals surface area contributed by atoms with Gasteiger partial charge in [-0.1, -0.05) is 41.4 Å². The van der Waals surface area contributed by atoms with Crippen LogP contribution in [-0.4, -0.2) is 48.6 Å². The monoisotopic (exact) mass is 851 g/mol. The number of alkyl halides is 6. The van der Waals surface area contributed by atoms with E-state index < -0.39 is 65.3 Å². The van der Waals surface area contributed by atoms with Crippen LogP contribution < -0.4 is 49.7 Å². The van der Waals surface area contributed by atoms with Crippen LogP contribution in [0.25, 0.3) is 16.6 Å². The van der Waals surface area contributed by atoms with Crippen molar-refractivity contribution >= 4 is 71.4 Å². The summed E-state index contributed by atoms with van der Waals surface area (Å²) in [5, 5.41) is -1.21. The zero-order chi connectivity index (χ0) is 39.7. The topological polar surface area (TPSA) is 156 Å². The van der Waals surface area contributed by atoms with Crippen LogP contribution in [0, 0.1) is 12.1 Å². The fourth-order valence-electron chi connectivity index (χ4n) is 5.87. The van der Waals surface area contributed by atoms with E-state index in [0.29, 0.717) is 16.9 Å². The number of nitrogens with zero attached hydrogens (tertiary/aromatic N) is 4. The average molecular weight is 853 g/mol. The van der Waals surface area contributed by atoms with Gasteiger partial charge in [-0.25, -0.2) is 26.0 Å². The third kappa shape index (κ3) is 10.7. The number of nitrogens with two attached hydrogens (primary N) is 1. The molecule has 0 radical (unpaired) electrons. The van der Waals surface area contributed by atoms with Gasteiger partial charge in [0.05, 0.1) is 65.9 Å². The Morgan fingerprint density at radius 1 is 0.907 bits per heavy atom. The van der Waals surface area contributed by atoms with Crippen LogP contribution in [0.2, 0.25) is 10.0 Å². The molecule has 0 fully saturated rings. The minimum atomic E-state index is -4.85.